The number of ether oxygens (including phenoxy) is 2. The first-order chi connectivity index (χ1) is 10.2. The van der Waals surface area contributed by atoms with E-state index in [0.717, 1.165) is 16.8 Å². The molecule has 0 bridgehead atoms. The fraction of sp³-hybridized carbons (Fsp3) is 0.214. The quantitative estimate of drug-likeness (QED) is 0.787. The SMILES string of the molecule is COc1ccc(-c2c(C)nn3c(=O)[nH]ncc23)c(OC)c1. The standard InChI is InChI=1S/C14H14N4O3/c1-8-13(11-7-15-16-14(19)18(11)17-8)10-5-4-9(20-2)6-12(10)21-3/h4-7H,1-3H3,(H,16,19). The topological polar surface area (TPSA) is 81.5 Å². The Morgan fingerprint density at radius 1 is 1.24 bits per heavy atom. The highest BCUT2D eigenvalue weighted by molar-refractivity contribution is 5.85. The number of aromatic amines is 1. The Morgan fingerprint density at radius 3 is 2.76 bits per heavy atom. The monoisotopic (exact) mass is 286 g/mol. The van der Waals surface area contributed by atoms with Gasteiger partial charge in [-0.2, -0.15) is 14.7 Å². The van der Waals surface area contributed by atoms with Gasteiger partial charge in [0, 0.05) is 17.2 Å². The van der Waals surface area contributed by atoms with E-state index in [1.54, 1.807) is 26.5 Å². The third-order valence-electron chi connectivity index (χ3n) is 3.31. The summed E-state index contributed by atoms with van der Waals surface area (Å²) in [6, 6.07) is 5.50. The van der Waals surface area contributed by atoms with Crippen molar-refractivity contribution in [2.45, 2.75) is 6.92 Å². The second-order valence-electron chi connectivity index (χ2n) is 4.50. The number of hydrogen-bond donors (Lipinski definition) is 1. The second-order valence-corrected chi connectivity index (χ2v) is 4.50. The molecule has 0 amide bonds. The van der Waals surface area contributed by atoms with E-state index in [-0.39, 0.29) is 5.69 Å². The maximum absolute atomic E-state index is 11.8. The molecule has 1 N–H and O–H groups in total. The molecular formula is C14H14N4O3. The molecule has 0 atom stereocenters. The van der Waals surface area contributed by atoms with E-state index >= 15 is 0 Å². The van der Waals surface area contributed by atoms with Gasteiger partial charge in [-0.1, -0.05) is 0 Å². The minimum atomic E-state index is -0.380. The van der Waals surface area contributed by atoms with Gasteiger partial charge < -0.3 is 9.47 Å². The van der Waals surface area contributed by atoms with Crippen LogP contribution < -0.4 is 15.2 Å². The third-order valence-corrected chi connectivity index (χ3v) is 3.31. The molecule has 3 aromatic rings. The van der Waals surface area contributed by atoms with E-state index in [1.807, 2.05) is 19.1 Å². The summed E-state index contributed by atoms with van der Waals surface area (Å²) in [4.78, 5) is 11.8. The highest BCUT2D eigenvalue weighted by Crippen LogP contribution is 2.36. The molecule has 1 aromatic carbocycles. The number of benzene rings is 1. The number of methoxy groups -OCH3 is 2. The molecule has 0 unspecified atom stereocenters. The summed E-state index contributed by atoms with van der Waals surface area (Å²) in [5.41, 5.74) is 2.61. The van der Waals surface area contributed by atoms with Crippen molar-refractivity contribution in [3.05, 3.63) is 40.6 Å². The molecule has 2 aromatic heterocycles. The van der Waals surface area contributed by atoms with Gasteiger partial charge >= 0.3 is 5.69 Å². The van der Waals surface area contributed by atoms with Crippen LogP contribution in [0.15, 0.2) is 29.2 Å². The van der Waals surface area contributed by atoms with Crippen LogP contribution >= 0.6 is 0 Å². The zero-order valence-corrected chi connectivity index (χ0v) is 11.9. The average Bonchev–Trinajstić information content (AvgIpc) is 2.84. The molecule has 0 saturated heterocycles. The van der Waals surface area contributed by atoms with Gasteiger partial charge in [0.25, 0.3) is 0 Å². The summed E-state index contributed by atoms with van der Waals surface area (Å²) in [7, 11) is 3.18. The van der Waals surface area contributed by atoms with Crippen molar-refractivity contribution in [1.29, 1.82) is 0 Å². The van der Waals surface area contributed by atoms with E-state index in [9.17, 15) is 4.79 Å². The molecule has 7 nitrogen and oxygen atoms in total. The number of H-pyrrole nitrogens is 1. The Balaban J connectivity index is 2.33. The molecular weight excluding hydrogens is 272 g/mol. The van der Waals surface area contributed by atoms with Crippen molar-refractivity contribution in [2.75, 3.05) is 14.2 Å². The minimum Gasteiger partial charge on any atom is -0.497 e. The first-order valence-corrected chi connectivity index (χ1v) is 6.31. The van der Waals surface area contributed by atoms with E-state index in [1.165, 1.54) is 4.52 Å². The van der Waals surface area contributed by atoms with E-state index in [2.05, 4.69) is 15.3 Å². The lowest BCUT2D eigenvalue weighted by Gasteiger charge is -2.10. The molecule has 0 spiro atoms. The lowest BCUT2D eigenvalue weighted by molar-refractivity contribution is 0.395. The number of hydrogen-bond acceptors (Lipinski definition) is 5. The maximum Gasteiger partial charge on any atom is 0.363 e. The number of fused-ring (bicyclic) bond motifs is 1. The largest absolute Gasteiger partial charge is 0.497 e. The first kappa shape index (κ1) is 13.2. The van der Waals surface area contributed by atoms with Crippen molar-refractivity contribution in [3.8, 4) is 22.6 Å². The van der Waals surface area contributed by atoms with Gasteiger partial charge in [-0.3, -0.25) is 0 Å². The summed E-state index contributed by atoms with van der Waals surface area (Å²) < 4.78 is 11.9. The Morgan fingerprint density at radius 2 is 2.05 bits per heavy atom. The molecule has 0 aliphatic carbocycles. The average molecular weight is 286 g/mol. The van der Waals surface area contributed by atoms with Crippen LogP contribution in [0, 0.1) is 6.92 Å². The maximum atomic E-state index is 11.8. The summed E-state index contributed by atoms with van der Waals surface area (Å²) in [6.45, 7) is 1.84. The van der Waals surface area contributed by atoms with Crippen molar-refractivity contribution >= 4 is 5.52 Å². The normalized spacial score (nSPS) is 10.8. The van der Waals surface area contributed by atoms with Gasteiger partial charge in [-0.15, -0.1) is 0 Å². The number of rotatable bonds is 3. The van der Waals surface area contributed by atoms with Crippen LogP contribution in [0.1, 0.15) is 5.69 Å². The lowest BCUT2D eigenvalue weighted by atomic mass is 10.0. The van der Waals surface area contributed by atoms with Crippen LogP contribution in [0.2, 0.25) is 0 Å². The van der Waals surface area contributed by atoms with Crippen LogP contribution in [0.5, 0.6) is 11.5 Å². The van der Waals surface area contributed by atoms with Crippen molar-refractivity contribution in [3.63, 3.8) is 0 Å². The first-order valence-electron chi connectivity index (χ1n) is 6.31. The number of nitrogens with zero attached hydrogens (tertiary/aromatic N) is 3. The molecule has 21 heavy (non-hydrogen) atoms. The fourth-order valence-corrected chi connectivity index (χ4v) is 2.35. The molecule has 0 fully saturated rings. The predicted octanol–water partition coefficient (Wildman–Crippen LogP) is 1.41. The van der Waals surface area contributed by atoms with Crippen LogP contribution in [0.4, 0.5) is 0 Å². The van der Waals surface area contributed by atoms with Crippen molar-refractivity contribution in [1.82, 2.24) is 19.8 Å². The smallest absolute Gasteiger partial charge is 0.363 e. The molecule has 0 aliphatic rings. The third kappa shape index (κ3) is 2.03. The van der Waals surface area contributed by atoms with Gasteiger partial charge in [-0.25, -0.2) is 9.89 Å². The molecule has 7 heteroatoms. The number of nitrogens with one attached hydrogen (secondary N) is 1. The molecule has 0 saturated carbocycles. The zero-order chi connectivity index (χ0) is 15.0. The molecule has 108 valence electrons. The Bertz CT molecular complexity index is 866. The fourth-order valence-electron chi connectivity index (χ4n) is 2.35. The van der Waals surface area contributed by atoms with Gasteiger partial charge in [0.05, 0.1) is 26.1 Å². The second kappa shape index (κ2) is 4.93. The van der Waals surface area contributed by atoms with Crippen LogP contribution in [-0.2, 0) is 0 Å². The summed E-state index contributed by atoms with van der Waals surface area (Å²) in [5, 5.41) is 10.4. The lowest BCUT2D eigenvalue weighted by Crippen LogP contribution is -2.18. The van der Waals surface area contributed by atoms with Crippen LogP contribution in [0.25, 0.3) is 16.6 Å². The molecule has 0 radical (unpaired) electrons. The molecule has 3 rings (SSSR count). The highest BCUT2D eigenvalue weighted by Gasteiger charge is 2.17. The van der Waals surface area contributed by atoms with E-state index < -0.39 is 0 Å². The summed E-state index contributed by atoms with van der Waals surface area (Å²) in [6.07, 6.45) is 1.57. The number of aromatic nitrogens is 4. The van der Waals surface area contributed by atoms with Gasteiger partial charge in [0.1, 0.15) is 17.0 Å². The van der Waals surface area contributed by atoms with Crippen molar-refractivity contribution < 1.29 is 9.47 Å². The van der Waals surface area contributed by atoms with Gasteiger partial charge in [-0.05, 0) is 19.1 Å². The van der Waals surface area contributed by atoms with E-state index in [4.69, 9.17) is 9.47 Å². The summed E-state index contributed by atoms with van der Waals surface area (Å²) >= 11 is 0. The Kier molecular flexibility index (Phi) is 3.09. The van der Waals surface area contributed by atoms with E-state index in [0.29, 0.717) is 17.0 Å². The highest BCUT2D eigenvalue weighted by atomic mass is 16.5. The Labute approximate surface area is 120 Å². The van der Waals surface area contributed by atoms with Crippen LogP contribution in [0.3, 0.4) is 0 Å². The van der Waals surface area contributed by atoms with Crippen molar-refractivity contribution in [2.24, 2.45) is 0 Å². The zero-order valence-electron chi connectivity index (χ0n) is 11.9. The number of aryl methyl sites for hydroxylation is 1. The molecule has 0 aliphatic heterocycles. The molecule has 2 heterocycles. The predicted molar refractivity (Wildman–Crippen MR) is 76.9 cm³/mol. The van der Waals surface area contributed by atoms with Crippen LogP contribution in [-0.4, -0.2) is 34.0 Å². The summed E-state index contributed by atoms with van der Waals surface area (Å²) in [5.74, 6) is 1.34. The minimum absolute atomic E-state index is 0.380. The van der Waals surface area contributed by atoms with Gasteiger partial charge in [0.2, 0.25) is 0 Å². The Hall–Kier alpha value is -2.83. The van der Waals surface area contributed by atoms with Gasteiger partial charge in [0.15, 0.2) is 0 Å².